The van der Waals surface area contributed by atoms with Crippen LogP contribution in [0.5, 0.6) is 0 Å². The Morgan fingerprint density at radius 1 is 1.21 bits per heavy atom. The Labute approximate surface area is 96.7 Å². The molecule has 1 aliphatic carbocycles. The van der Waals surface area contributed by atoms with Crippen LogP contribution in [0.15, 0.2) is 0 Å². The fourth-order valence-electron chi connectivity index (χ4n) is 3.03. The summed E-state index contributed by atoms with van der Waals surface area (Å²) in [6.45, 7) is 10.1. The molecule has 1 aliphatic heterocycles. The first-order valence-electron chi connectivity index (χ1n) is 5.51. The predicted molar refractivity (Wildman–Crippen MR) is 61.9 cm³/mol. The molecule has 0 spiro atoms. The second-order valence-electron chi connectivity index (χ2n) is 5.33. The second-order valence-corrected chi connectivity index (χ2v) is 6.78. The van der Waals surface area contributed by atoms with Crippen molar-refractivity contribution >= 4 is 23.2 Å². The minimum atomic E-state index is -0.416. The van der Waals surface area contributed by atoms with Gasteiger partial charge in [0, 0.05) is 30.5 Å². The van der Waals surface area contributed by atoms with Gasteiger partial charge in [-0.25, -0.2) is 0 Å². The molecule has 14 heavy (non-hydrogen) atoms. The highest BCUT2D eigenvalue weighted by molar-refractivity contribution is 6.51. The van der Waals surface area contributed by atoms with Crippen LogP contribution in [0.25, 0.3) is 0 Å². The lowest BCUT2D eigenvalue weighted by Crippen LogP contribution is -2.43. The molecule has 1 heterocycles. The molecule has 0 amide bonds. The van der Waals surface area contributed by atoms with E-state index in [2.05, 4.69) is 32.6 Å². The molecule has 0 N–H and O–H groups in total. The highest BCUT2D eigenvalue weighted by atomic mass is 35.5. The van der Waals surface area contributed by atoms with E-state index in [0.717, 1.165) is 6.54 Å². The molecule has 2 rings (SSSR count). The summed E-state index contributed by atoms with van der Waals surface area (Å²) < 4.78 is -0.416. The van der Waals surface area contributed by atoms with Crippen LogP contribution in [0.3, 0.4) is 0 Å². The summed E-state index contributed by atoms with van der Waals surface area (Å²) in [5.41, 5.74) is 0. The number of likely N-dealkylation sites (tertiary alicyclic amines) is 1. The molecule has 2 aliphatic rings. The number of fused-ring (bicyclic) bond motifs is 1. The molecule has 3 atom stereocenters. The first kappa shape index (κ1) is 11.0. The van der Waals surface area contributed by atoms with Crippen molar-refractivity contribution in [2.45, 2.75) is 44.1 Å². The van der Waals surface area contributed by atoms with Gasteiger partial charge in [-0.05, 0) is 19.8 Å². The van der Waals surface area contributed by atoms with Crippen LogP contribution in [0.4, 0.5) is 0 Å². The summed E-state index contributed by atoms with van der Waals surface area (Å²) in [5.74, 6) is 1.67. The van der Waals surface area contributed by atoms with Gasteiger partial charge < -0.3 is 0 Å². The summed E-state index contributed by atoms with van der Waals surface area (Å²) in [4.78, 5) is 2.56. The van der Waals surface area contributed by atoms with Gasteiger partial charge in [-0.3, -0.25) is 4.90 Å². The fourth-order valence-corrected chi connectivity index (χ4v) is 3.87. The Morgan fingerprint density at radius 2 is 1.79 bits per heavy atom. The van der Waals surface area contributed by atoms with Crippen LogP contribution >= 0.6 is 23.2 Å². The van der Waals surface area contributed by atoms with Gasteiger partial charge in [0.1, 0.15) is 4.33 Å². The molecule has 0 bridgehead atoms. The third kappa shape index (κ3) is 1.40. The monoisotopic (exact) mass is 235 g/mol. The van der Waals surface area contributed by atoms with Crippen LogP contribution in [0.2, 0.25) is 0 Å². The number of rotatable bonds is 2. The zero-order valence-electron chi connectivity index (χ0n) is 9.30. The molecule has 2 unspecified atom stereocenters. The van der Waals surface area contributed by atoms with E-state index in [0.29, 0.717) is 29.8 Å². The summed E-state index contributed by atoms with van der Waals surface area (Å²) in [7, 11) is 0. The topological polar surface area (TPSA) is 3.24 Å². The average Bonchev–Trinajstić information content (AvgIpc) is 2.47. The third-order valence-electron chi connectivity index (χ3n) is 3.77. The quantitative estimate of drug-likeness (QED) is 0.666. The van der Waals surface area contributed by atoms with E-state index >= 15 is 0 Å². The van der Waals surface area contributed by atoms with Crippen molar-refractivity contribution in [1.29, 1.82) is 0 Å². The molecular weight excluding hydrogens is 217 g/mol. The van der Waals surface area contributed by atoms with Gasteiger partial charge in [-0.2, -0.15) is 0 Å². The summed E-state index contributed by atoms with van der Waals surface area (Å²) >= 11 is 12.5. The van der Waals surface area contributed by atoms with Crippen LogP contribution in [0.1, 0.15) is 27.7 Å². The van der Waals surface area contributed by atoms with Crippen molar-refractivity contribution in [3.63, 3.8) is 0 Å². The lowest BCUT2D eigenvalue weighted by Gasteiger charge is -2.35. The molecule has 0 radical (unpaired) electrons. The largest absolute Gasteiger partial charge is 0.297 e. The van der Waals surface area contributed by atoms with E-state index in [1.54, 1.807) is 0 Å². The van der Waals surface area contributed by atoms with Gasteiger partial charge in [-0.1, -0.05) is 13.8 Å². The van der Waals surface area contributed by atoms with Gasteiger partial charge >= 0.3 is 0 Å². The van der Waals surface area contributed by atoms with E-state index in [1.807, 2.05) is 0 Å². The van der Waals surface area contributed by atoms with Gasteiger partial charge in [0.05, 0.1) is 0 Å². The third-order valence-corrected chi connectivity index (χ3v) is 4.83. The SMILES string of the molecule is CC(C)C1C2[C@H](CN1C(C)C)C2(Cl)Cl. The zero-order chi connectivity index (χ0) is 10.7. The highest BCUT2D eigenvalue weighted by Crippen LogP contribution is 2.66. The lowest BCUT2D eigenvalue weighted by molar-refractivity contribution is 0.136. The fraction of sp³-hybridized carbons (Fsp3) is 1.00. The molecule has 0 aromatic heterocycles. The first-order valence-corrected chi connectivity index (χ1v) is 6.26. The molecular formula is C11H19Cl2N. The smallest absolute Gasteiger partial charge is 0.127 e. The van der Waals surface area contributed by atoms with Crippen molar-refractivity contribution in [3.05, 3.63) is 0 Å². The first-order chi connectivity index (χ1) is 6.37. The number of halogens is 2. The number of hydrogen-bond acceptors (Lipinski definition) is 1. The Balaban J connectivity index is 2.15. The predicted octanol–water partition coefficient (Wildman–Crippen LogP) is 3.15. The van der Waals surface area contributed by atoms with Crippen molar-refractivity contribution in [3.8, 4) is 0 Å². The molecule has 82 valence electrons. The Bertz CT molecular complexity index is 235. The average molecular weight is 236 g/mol. The van der Waals surface area contributed by atoms with E-state index in [9.17, 15) is 0 Å². The van der Waals surface area contributed by atoms with Crippen LogP contribution in [-0.2, 0) is 0 Å². The lowest BCUT2D eigenvalue weighted by atomic mass is 9.98. The van der Waals surface area contributed by atoms with E-state index < -0.39 is 4.33 Å². The number of hydrogen-bond donors (Lipinski definition) is 0. The van der Waals surface area contributed by atoms with Gasteiger partial charge in [0.25, 0.3) is 0 Å². The Morgan fingerprint density at radius 3 is 2.21 bits per heavy atom. The Hall–Kier alpha value is 0.540. The van der Waals surface area contributed by atoms with Crippen molar-refractivity contribution in [2.24, 2.45) is 17.8 Å². The molecule has 0 aromatic carbocycles. The molecule has 2 fully saturated rings. The van der Waals surface area contributed by atoms with Gasteiger partial charge in [-0.15, -0.1) is 23.2 Å². The van der Waals surface area contributed by atoms with Gasteiger partial charge in [0.2, 0.25) is 0 Å². The molecule has 1 saturated heterocycles. The van der Waals surface area contributed by atoms with Crippen molar-refractivity contribution < 1.29 is 0 Å². The maximum atomic E-state index is 6.26. The van der Waals surface area contributed by atoms with Crippen molar-refractivity contribution in [1.82, 2.24) is 4.90 Å². The molecule has 1 saturated carbocycles. The molecule has 0 aromatic rings. The number of nitrogens with zero attached hydrogens (tertiary/aromatic N) is 1. The Kier molecular flexibility index (Phi) is 2.57. The van der Waals surface area contributed by atoms with Crippen LogP contribution in [0, 0.1) is 17.8 Å². The van der Waals surface area contributed by atoms with Crippen LogP contribution in [-0.4, -0.2) is 27.9 Å². The summed E-state index contributed by atoms with van der Waals surface area (Å²) in [5, 5.41) is 0. The number of alkyl halides is 2. The van der Waals surface area contributed by atoms with Gasteiger partial charge in [0.15, 0.2) is 0 Å². The zero-order valence-corrected chi connectivity index (χ0v) is 10.8. The summed E-state index contributed by atoms with van der Waals surface area (Å²) in [6.07, 6.45) is 0. The summed E-state index contributed by atoms with van der Waals surface area (Å²) in [6, 6.07) is 1.19. The van der Waals surface area contributed by atoms with E-state index in [4.69, 9.17) is 23.2 Å². The minimum absolute atomic E-state index is 0.416. The molecule has 1 nitrogen and oxygen atoms in total. The second kappa shape index (κ2) is 3.26. The maximum Gasteiger partial charge on any atom is 0.127 e. The van der Waals surface area contributed by atoms with Crippen molar-refractivity contribution in [2.75, 3.05) is 6.54 Å². The number of piperidine rings is 1. The molecule has 3 heteroatoms. The normalized spacial score (nSPS) is 40.7. The minimum Gasteiger partial charge on any atom is -0.297 e. The van der Waals surface area contributed by atoms with Crippen LogP contribution < -0.4 is 0 Å². The standard InChI is InChI=1S/C11H19Cl2N/c1-6(2)10-9-8(11(9,12)13)5-14(10)7(3)4/h6-10H,5H2,1-4H3/t8-,9?,10?/m0/s1. The maximum absolute atomic E-state index is 6.26. The highest BCUT2D eigenvalue weighted by Gasteiger charge is 2.71. The van der Waals surface area contributed by atoms with E-state index in [1.165, 1.54) is 0 Å². The van der Waals surface area contributed by atoms with E-state index in [-0.39, 0.29) is 0 Å².